The van der Waals surface area contributed by atoms with Gasteiger partial charge in [0.2, 0.25) is 5.91 Å². The van der Waals surface area contributed by atoms with Crippen LogP contribution in [-0.4, -0.2) is 19.0 Å². The molecule has 0 atom stereocenters. The molecule has 25 heavy (non-hydrogen) atoms. The van der Waals surface area contributed by atoms with Crippen molar-refractivity contribution < 1.29 is 14.3 Å². The minimum atomic E-state index is -0.318. The first-order valence-electron chi connectivity index (χ1n) is 8.00. The van der Waals surface area contributed by atoms with E-state index in [2.05, 4.69) is 10.1 Å². The smallest absolute Gasteiger partial charge is 0.330 e. The first kappa shape index (κ1) is 20.2. The van der Waals surface area contributed by atoms with E-state index in [9.17, 15) is 9.59 Å². The molecule has 1 amide bonds. The van der Waals surface area contributed by atoms with Gasteiger partial charge in [0.15, 0.2) is 0 Å². The number of rotatable bonds is 3. The van der Waals surface area contributed by atoms with Gasteiger partial charge in [0, 0.05) is 18.7 Å². The minimum Gasteiger partial charge on any atom is -0.466 e. The molecule has 0 bridgehead atoms. The molecule has 1 N–H and O–H groups in total. The molecule has 0 unspecified atom stereocenters. The molecule has 132 valence electrons. The SMILES string of the molecule is CC(=O)Nc1ccc(C)c(C)c1.COC(=O)/C=C(\C)c1ccccc1. The van der Waals surface area contributed by atoms with E-state index >= 15 is 0 Å². The summed E-state index contributed by atoms with van der Waals surface area (Å²) in [6.45, 7) is 7.47. The molecule has 0 aromatic heterocycles. The number of allylic oxidation sites excluding steroid dienone is 1. The molecule has 0 aliphatic heterocycles. The second-order valence-corrected chi connectivity index (χ2v) is 5.70. The molecule has 2 rings (SSSR count). The predicted molar refractivity (Wildman–Crippen MR) is 102 cm³/mol. The van der Waals surface area contributed by atoms with Crippen LogP contribution in [-0.2, 0) is 14.3 Å². The standard InChI is InChI=1S/C11H12O2.C10H13NO/c1-9(8-11(12)13-2)10-6-4-3-5-7-10;1-7-4-5-10(6-8(7)2)11-9(3)12/h3-8H,1-2H3;4-6H,1-3H3,(H,11,12)/b9-8+;. The van der Waals surface area contributed by atoms with E-state index in [0.29, 0.717) is 0 Å². The van der Waals surface area contributed by atoms with Crippen molar-refractivity contribution in [2.75, 3.05) is 12.4 Å². The minimum absolute atomic E-state index is 0.0294. The molecule has 4 nitrogen and oxygen atoms in total. The fourth-order valence-corrected chi connectivity index (χ4v) is 2.04. The van der Waals surface area contributed by atoms with Gasteiger partial charge in [-0.05, 0) is 55.2 Å². The van der Waals surface area contributed by atoms with E-state index in [1.807, 2.05) is 69.3 Å². The number of amides is 1. The average molecular weight is 339 g/mol. The average Bonchev–Trinajstić information content (AvgIpc) is 2.59. The fourth-order valence-electron chi connectivity index (χ4n) is 2.04. The van der Waals surface area contributed by atoms with Crippen molar-refractivity contribution in [2.45, 2.75) is 27.7 Å². The van der Waals surface area contributed by atoms with Crippen LogP contribution in [0.15, 0.2) is 54.6 Å². The van der Waals surface area contributed by atoms with Gasteiger partial charge in [-0.1, -0.05) is 36.4 Å². The Hall–Kier alpha value is -2.88. The first-order valence-corrected chi connectivity index (χ1v) is 8.00. The Morgan fingerprint density at radius 1 is 0.960 bits per heavy atom. The summed E-state index contributed by atoms with van der Waals surface area (Å²) >= 11 is 0. The summed E-state index contributed by atoms with van der Waals surface area (Å²) in [7, 11) is 1.37. The molecule has 0 fully saturated rings. The highest BCUT2D eigenvalue weighted by atomic mass is 16.5. The van der Waals surface area contributed by atoms with E-state index in [4.69, 9.17) is 0 Å². The number of benzene rings is 2. The summed E-state index contributed by atoms with van der Waals surface area (Å²) in [5.41, 5.74) is 5.25. The Balaban J connectivity index is 0.000000251. The summed E-state index contributed by atoms with van der Waals surface area (Å²) in [5.74, 6) is -0.348. The third kappa shape index (κ3) is 7.48. The van der Waals surface area contributed by atoms with Crippen molar-refractivity contribution in [3.05, 3.63) is 71.3 Å². The molecule has 2 aromatic rings. The molecular weight excluding hydrogens is 314 g/mol. The maximum atomic E-state index is 10.9. The molecular formula is C21H25NO3. The lowest BCUT2D eigenvalue weighted by molar-refractivity contribution is -0.134. The summed E-state index contributed by atoms with van der Waals surface area (Å²) in [4.78, 5) is 21.6. The Kier molecular flexibility index (Phi) is 8.13. The van der Waals surface area contributed by atoms with E-state index in [1.54, 1.807) is 0 Å². The van der Waals surface area contributed by atoms with Crippen LogP contribution in [0, 0.1) is 13.8 Å². The molecule has 0 aliphatic rings. The number of methoxy groups -OCH3 is 1. The molecule has 0 spiro atoms. The molecule has 2 aromatic carbocycles. The number of esters is 1. The first-order chi connectivity index (χ1) is 11.8. The van der Waals surface area contributed by atoms with Gasteiger partial charge in [-0.15, -0.1) is 0 Å². The zero-order chi connectivity index (χ0) is 18.8. The highest BCUT2D eigenvalue weighted by Crippen LogP contribution is 2.14. The normalized spacial score (nSPS) is 10.4. The molecule has 0 saturated carbocycles. The van der Waals surface area contributed by atoms with Gasteiger partial charge in [0.1, 0.15) is 0 Å². The molecule has 0 heterocycles. The third-order valence-corrected chi connectivity index (χ3v) is 3.59. The maximum absolute atomic E-state index is 10.9. The van der Waals surface area contributed by atoms with Crippen molar-refractivity contribution in [1.29, 1.82) is 0 Å². The Bertz CT molecular complexity index is 749. The third-order valence-electron chi connectivity index (χ3n) is 3.59. The Labute approximate surface area is 149 Å². The molecule has 4 heteroatoms. The lowest BCUT2D eigenvalue weighted by Crippen LogP contribution is -2.05. The lowest BCUT2D eigenvalue weighted by Gasteiger charge is -2.04. The number of anilines is 1. The fraction of sp³-hybridized carbons (Fsp3) is 0.238. The number of aryl methyl sites for hydroxylation is 2. The maximum Gasteiger partial charge on any atom is 0.330 e. The van der Waals surface area contributed by atoms with E-state index in [-0.39, 0.29) is 11.9 Å². The zero-order valence-electron chi connectivity index (χ0n) is 15.4. The van der Waals surface area contributed by atoms with E-state index in [1.165, 1.54) is 31.2 Å². The number of nitrogens with one attached hydrogen (secondary N) is 1. The van der Waals surface area contributed by atoms with Crippen LogP contribution in [0.3, 0.4) is 0 Å². The summed E-state index contributed by atoms with van der Waals surface area (Å²) < 4.78 is 4.53. The van der Waals surface area contributed by atoms with Crippen molar-refractivity contribution in [3.8, 4) is 0 Å². The van der Waals surface area contributed by atoms with Crippen LogP contribution < -0.4 is 5.32 Å². The van der Waals surface area contributed by atoms with Crippen molar-refractivity contribution in [3.63, 3.8) is 0 Å². The zero-order valence-corrected chi connectivity index (χ0v) is 15.4. The molecule has 0 aliphatic carbocycles. The quantitative estimate of drug-likeness (QED) is 0.660. The number of carbonyl (C=O) groups is 2. The number of hydrogen-bond donors (Lipinski definition) is 1. The van der Waals surface area contributed by atoms with Crippen molar-refractivity contribution in [1.82, 2.24) is 0 Å². The monoisotopic (exact) mass is 339 g/mol. The molecule has 0 saturated heterocycles. The van der Waals surface area contributed by atoms with Crippen LogP contribution in [0.1, 0.15) is 30.5 Å². The molecule has 0 radical (unpaired) electrons. The second kappa shape index (κ2) is 10.1. The van der Waals surface area contributed by atoms with Gasteiger partial charge < -0.3 is 10.1 Å². The van der Waals surface area contributed by atoms with Crippen LogP contribution >= 0.6 is 0 Å². The summed E-state index contributed by atoms with van der Waals surface area (Å²) in [5, 5.41) is 2.73. The van der Waals surface area contributed by atoms with Gasteiger partial charge in [0.05, 0.1) is 7.11 Å². The van der Waals surface area contributed by atoms with Crippen LogP contribution in [0.25, 0.3) is 5.57 Å². The van der Waals surface area contributed by atoms with Gasteiger partial charge in [-0.25, -0.2) is 4.79 Å². The van der Waals surface area contributed by atoms with Gasteiger partial charge in [-0.3, -0.25) is 4.79 Å². The van der Waals surface area contributed by atoms with E-state index in [0.717, 1.165) is 16.8 Å². The van der Waals surface area contributed by atoms with Gasteiger partial charge in [-0.2, -0.15) is 0 Å². The second-order valence-electron chi connectivity index (χ2n) is 5.70. The van der Waals surface area contributed by atoms with Gasteiger partial charge in [0.25, 0.3) is 0 Å². The Morgan fingerprint density at radius 2 is 1.60 bits per heavy atom. The van der Waals surface area contributed by atoms with Crippen molar-refractivity contribution in [2.24, 2.45) is 0 Å². The highest BCUT2D eigenvalue weighted by Gasteiger charge is 1.98. The number of hydrogen-bond acceptors (Lipinski definition) is 3. The van der Waals surface area contributed by atoms with Crippen molar-refractivity contribution >= 4 is 23.1 Å². The Morgan fingerprint density at radius 3 is 2.12 bits per heavy atom. The summed E-state index contributed by atoms with van der Waals surface area (Å²) in [6.07, 6.45) is 1.48. The van der Waals surface area contributed by atoms with E-state index < -0.39 is 0 Å². The number of carbonyl (C=O) groups excluding carboxylic acids is 2. The topological polar surface area (TPSA) is 55.4 Å². The summed E-state index contributed by atoms with van der Waals surface area (Å²) in [6, 6.07) is 15.6. The number of ether oxygens (including phenoxy) is 1. The van der Waals surface area contributed by atoms with Gasteiger partial charge >= 0.3 is 5.97 Å². The van der Waals surface area contributed by atoms with Crippen LogP contribution in [0.4, 0.5) is 5.69 Å². The van der Waals surface area contributed by atoms with Crippen LogP contribution in [0.5, 0.6) is 0 Å². The predicted octanol–water partition coefficient (Wildman–Crippen LogP) is 4.52. The highest BCUT2D eigenvalue weighted by molar-refractivity contribution is 5.90. The lowest BCUT2D eigenvalue weighted by atomic mass is 10.1. The van der Waals surface area contributed by atoms with Crippen LogP contribution in [0.2, 0.25) is 0 Å². The largest absolute Gasteiger partial charge is 0.466 e.